The van der Waals surface area contributed by atoms with Crippen LogP contribution in [0.25, 0.3) is 0 Å². The smallest absolute Gasteiger partial charge is 0.0588 e. The van der Waals surface area contributed by atoms with Crippen LogP contribution in [0.2, 0.25) is 0 Å². The second-order valence-corrected chi connectivity index (χ2v) is 5.46. The Morgan fingerprint density at radius 3 is 2.76 bits per heavy atom. The summed E-state index contributed by atoms with van der Waals surface area (Å²) in [6.45, 7) is 4.13. The van der Waals surface area contributed by atoms with Gasteiger partial charge in [-0.3, -0.25) is 9.88 Å². The summed E-state index contributed by atoms with van der Waals surface area (Å²) >= 11 is 0. The van der Waals surface area contributed by atoms with Gasteiger partial charge in [-0.1, -0.05) is 12.5 Å². The number of hydrogen-bond acceptors (Lipinski definition) is 3. The van der Waals surface area contributed by atoms with Gasteiger partial charge in [0.15, 0.2) is 0 Å². The summed E-state index contributed by atoms with van der Waals surface area (Å²) in [5.74, 6) is 1.92. The molecule has 0 bridgehead atoms. The minimum atomic E-state index is 0.601. The van der Waals surface area contributed by atoms with Crippen LogP contribution in [0.5, 0.6) is 0 Å². The Balaban J connectivity index is 1.67. The molecule has 2 aliphatic rings. The first kappa shape index (κ1) is 11.2. The van der Waals surface area contributed by atoms with E-state index < -0.39 is 0 Å². The first-order valence-corrected chi connectivity index (χ1v) is 6.72. The summed E-state index contributed by atoms with van der Waals surface area (Å²) in [6.07, 6.45) is 6.20. The van der Waals surface area contributed by atoms with E-state index in [1.54, 1.807) is 0 Å². The van der Waals surface area contributed by atoms with Crippen molar-refractivity contribution in [1.82, 2.24) is 9.88 Å². The minimum Gasteiger partial charge on any atom is -0.326 e. The molecular formula is C14H21N3. The van der Waals surface area contributed by atoms with Crippen LogP contribution in [-0.4, -0.2) is 23.0 Å². The van der Waals surface area contributed by atoms with Gasteiger partial charge in [0.25, 0.3) is 0 Å². The van der Waals surface area contributed by atoms with Gasteiger partial charge >= 0.3 is 0 Å². The normalized spacial score (nSPS) is 28.5. The number of hydrogen-bond donors (Lipinski definition) is 1. The van der Waals surface area contributed by atoms with Gasteiger partial charge in [-0.2, -0.15) is 0 Å². The van der Waals surface area contributed by atoms with Gasteiger partial charge in [-0.25, -0.2) is 0 Å². The molecule has 3 rings (SSSR count). The molecule has 3 heteroatoms. The Hall–Kier alpha value is -0.930. The summed E-state index contributed by atoms with van der Waals surface area (Å²) in [7, 11) is 0. The SMILES string of the molecule is NCc1cccnc1CN1CC2CCCC2C1. The van der Waals surface area contributed by atoms with Gasteiger partial charge in [0.05, 0.1) is 5.69 Å². The van der Waals surface area contributed by atoms with Crippen molar-refractivity contribution in [2.45, 2.75) is 32.4 Å². The highest BCUT2D eigenvalue weighted by atomic mass is 15.2. The van der Waals surface area contributed by atoms with E-state index in [1.807, 2.05) is 12.3 Å². The molecule has 0 spiro atoms. The number of fused-ring (bicyclic) bond motifs is 1. The molecule has 1 aromatic rings. The van der Waals surface area contributed by atoms with E-state index in [-0.39, 0.29) is 0 Å². The fourth-order valence-corrected chi connectivity index (χ4v) is 3.47. The standard InChI is InChI=1S/C14H21N3/c15-7-11-5-2-6-16-14(11)10-17-8-12-3-1-4-13(12)9-17/h2,5-6,12-13H,1,3-4,7-10,15H2. The van der Waals surface area contributed by atoms with Crippen LogP contribution in [0, 0.1) is 11.8 Å². The van der Waals surface area contributed by atoms with Crippen molar-refractivity contribution in [3.05, 3.63) is 29.6 Å². The summed E-state index contributed by atoms with van der Waals surface area (Å²) in [6, 6.07) is 4.07. The Morgan fingerprint density at radius 2 is 2.06 bits per heavy atom. The number of nitrogens with two attached hydrogens (primary N) is 1. The summed E-state index contributed by atoms with van der Waals surface area (Å²) in [5.41, 5.74) is 8.13. The molecule has 17 heavy (non-hydrogen) atoms. The van der Waals surface area contributed by atoms with Crippen LogP contribution < -0.4 is 5.73 Å². The van der Waals surface area contributed by atoms with Crippen LogP contribution in [0.1, 0.15) is 30.5 Å². The van der Waals surface area contributed by atoms with Gasteiger partial charge in [-0.05, 0) is 36.3 Å². The highest BCUT2D eigenvalue weighted by Gasteiger charge is 2.35. The molecule has 0 aromatic carbocycles. The molecule has 1 saturated carbocycles. The van der Waals surface area contributed by atoms with Crippen molar-refractivity contribution in [2.75, 3.05) is 13.1 Å². The second-order valence-electron chi connectivity index (χ2n) is 5.46. The summed E-state index contributed by atoms with van der Waals surface area (Å²) in [5, 5.41) is 0. The van der Waals surface area contributed by atoms with Gasteiger partial charge in [-0.15, -0.1) is 0 Å². The van der Waals surface area contributed by atoms with E-state index in [9.17, 15) is 0 Å². The molecule has 0 amide bonds. The Kier molecular flexibility index (Phi) is 3.12. The molecule has 1 aliphatic heterocycles. The van der Waals surface area contributed by atoms with Crippen LogP contribution >= 0.6 is 0 Å². The third-order valence-electron chi connectivity index (χ3n) is 4.38. The lowest BCUT2D eigenvalue weighted by Crippen LogP contribution is -2.23. The first-order chi connectivity index (χ1) is 8.36. The molecule has 2 atom stereocenters. The van der Waals surface area contributed by atoms with E-state index in [2.05, 4.69) is 16.0 Å². The Morgan fingerprint density at radius 1 is 1.29 bits per heavy atom. The fourth-order valence-electron chi connectivity index (χ4n) is 3.47. The number of pyridine rings is 1. The third kappa shape index (κ3) is 2.22. The number of likely N-dealkylation sites (tertiary alicyclic amines) is 1. The molecule has 2 fully saturated rings. The minimum absolute atomic E-state index is 0.601. The highest BCUT2D eigenvalue weighted by Crippen LogP contribution is 2.38. The summed E-state index contributed by atoms with van der Waals surface area (Å²) < 4.78 is 0. The number of aromatic nitrogens is 1. The predicted octanol–water partition coefficient (Wildman–Crippen LogP) is 1.77. The largest absolute Gasteiger partial charge is 0.326 e. The van der Waals surface area contributed by atoms with Gasteiger partial charge in [0, 0.05) is 32.4 Å². The molecule has 2 N–H and O–H groups in total. The molecule has 1 aliphatic carbocycles. The quantitative estimate of drug-likeness (QED) is 0.862. The maximum atomic E-state index is 5.76. The van der Waals surface area contributed by atoms with E-state index >= 15 is 0 Å². The average Bonchev–Trinajstić information content (AvgIpc) is 2.90. The lowest BCUT2D eigenvalue weighted by atomic mass is 10.0. The zero-order valence-corrected chi connectivity index (χ0v) is 10.3. The molecule has 1 aromatic heterocycles. The van der Waals surface area contributed by atoms with E-state index in [4.69, 9.17) is 5.73 Å². The third-order valence-corrected chi connectivity index (χ3v) is 4.38. The summed E-state index contributed by atoms with van der Waals surface area (Å²) in [4.78, 5) is 7.05. The average molecular weight is 231 g/mol. The van der Waals surface area contributed by atoms with Crippen LogP contribution in [0.15, 0.2) is 18.3 Å². The van der Waals surface area contributed by atoms with Crippen LogP contribution in [0.3, 0.4) is 0 Å². The molecule has 0 radical (unpaired) electrons. The van der Waals surface area contributed by atoms with Crippen molar-refractivity contribution in [2.24, 2.45) is 17.6 Å². The lowest BCUT2D eigenvalue weighted by molar-refractivity contribution is 0.299. The molecule has 2 unspecified atom stereocenters. The number of nitrogens with zero attached hydrogens (tertiary/aromatic N) is 2. The van der Waals surface area contributed by atoms with E-state index in [0.717, 1.165) is 18.4 Å². The zero-order valence-electron chi connectivity index (χ0n) is 10.3. The Labute approximate surface area is 103 Å². The highest BCUT2D eigenvalue weighted by molar-refractivity contribution is 5.19. The van der Waals surface area contributed by atoms with Crippen molar-refractivity contribution < 1.29 is 0 Å². The number of rotatable bonds is 3. The van der Waals surface area contributed by atoms with Gasteiger partial charge in [0.2, 0.25) is 0 Å². The topological polar surface area (TPSA) is 42.1 Å². The lowest BCUT2D eigenvalue weighted by Gasteiger charge is -2.17. The first-order valence-electron chi connectivity index (χ1n) is 6.72. The maximum Gasteiger partial charge on any atom is 0.0588 e. The van der Waals surface area contributed by atoms with Crippen LogP contribution in [0.4, 0.5) is 0 Å². The van der Waals surface area contributed by atoms with Gasteiger partial charge < -0.3 is 5.73 Å². The Bertz CT molecular complexity index is 379. The predicted molar refractivity (Wildman–Crippen MR) is 68.2 cm³/mol. The fraction of sp³-hybridized carbons (Fsp3) is 0.643. The van der Waals surface area contributed by atoms with Gasteiger partial charge in [0.1, 0.15) is 0 Å². The van der Waals surface area contributed by atoms with Crippen molar-refractivity contribution >= 4 is 0 Å². The molecule has 3 nitrogen and oxygen atoms in total. The second kappa shape index (κ2) is 4.75. The maximum absolute atomic E-state index is 5.76. The molecule has 2 heterocycles. The van der Waals surface area contributed by atoms with Crippen molar-refractivity contribution in [3.63, 3.8) is 0 Å². The van der Waals surface area contributed by atoms with Crippen LogP contribution in [-0.2, 0) is 13.1 Å². The van der Waals surface area contributed by atoms with Crippen molar-refractivity contribution in [3.8, 4) is 0 Å². The molecule has 1 saturated heterocycles. The van der Waals surface area contributed by atoms with E-state index in [0.29, 0.717) is 6.54 Å². The zero-order chi connectivity index (χ0) is 11.7. The van der Waals surface area contributed by atoms with Crippen molar-refractivity contribution in [1.29, 1.82) is 0 Å². The molecule has 92 valence electrons. The molecular weight excluding hydrogens is 210 g/mol. The monoisotopic (exact) mass is 231 g/mol. The van der Waals surface area contributed by atoms with E-state index in [1.165, 1.54) is 43.6 Å².